The Balaban J connectivity index is 1.60. The van der Waals surface area contributed by atoms with Crippen LogP contribution in [0.15, 0.2) is 146 Å². The van der Waals surface area contributed by atoms with Gasteiger partial charge < -0.3 is 9.97 Å². The van der Waals surface area contributed by atoms with E-state index in [9.17, 15) is 21.0 Å². The minimum atomic E-state index is 0.151. The Morgan fingerprint density at radius 1 is 0.304 bits per heavy atom. The number of fused-ring (bicyclic) bond motifs is 8. The Bertz CT molecular complexity index is 2720. The molecule has 258 valence electrons. The van der Waals surface area contributed by atoms with Gasteiger partial charge >= 0.3 is 0 Å². The first-order valence-corrected chi connectivity index (χ1v) is 17.8. The van der Waals surface area contributed by atoms with Crippen molar-refractivity contribution in [1.29, 1.82) is 21.0 Å². The summed E-state index contributed by atoms with van der Waals surface area (Å²) in [7, 11) is 0. The second-order valence-corrected chi connectivity index (χ2v) is 13.1. The molecule has 2 aliphatic heterocycles. The molecule has 0 fully saturated rings. The average molecular weight is 715 g/mol. The van der Waals surface area contributed by atoms with E-state index in [0.29, 0.717) is 67.1 Å². The van der Waals surface area contributed by atoms with E-state index in [1.54, 1.807) is 0 Å². The topological polar surface area (TPSA) is 153 Å². The molecule has 4 aromatic carbocycles. The molecule has 0 unspecified atom stereocenters. The molecule has 5 heterocycles. The maximum absolute atomic E-state index is 10.8. The number of aromatic nitrogens is 4. The zero-order valence-electron chi connectivity index (χ0n) is 29.5. The number of H-pyrrole nitrogens is 2. The van der Waals surface area contributed by atoms with Gasteiger partial charge in [-0.15, -0.1) is 0 Å². The Morgan fingerprint density at radius 2 is 0.518 bits per heavy atom. The highest BCUT2D eigenvalue weighted by Crippen LogP contribution is 2.44. The smallest absolute Gasteiger partial charge is 0.103 e. The van der Waals surface area contributed by atoms with Gasteiger partial charge in [0.05, 0.1) is 45.1 Å². The van der Waals surface area contributed by atoms with Crippen LogP contribution in [-0.2, 0) is 0 Å². The first-order chi connectivity index (χ1) is 27.6. The minimum Gasteiger partial charge on any atom is -0.354 e. The summed E-state index contributed by atoms with van der Waals surface area (Å²) >= 11 is 0. The van der Waals surface area contributed by atoms with E-state index in [4.69, 9.17) is 9.97 Å². The first kappa shape index (κ1) is 33.3. The van der Waals surface area contributed by atoms with E-state index in [1.807, 2.05) is 146 Å². The van der Waals surface area contributed by atoms with E-state index in [1.165, 1.54) is 0 Å². The fourth-order valence-electron chi connectivity index (χ4n) is 7.55. The molecule has 8 nitrogen and oxygen atoms in total. The van der Waals surface area contributed by atoms with Crippen LogP contribution in [0.4, 0.5) is 0 Å². The number of nitriles is 4. The summed E-state index contributed by atoms with van der Waals surface area (Å²) in [6.45, 7) is 0. The monoisotopic (exact) mass is 714 g/mol. The number of allylic oxidation sites excluding steroid dienone is 4. The van der Waals surface area contributed by atoms with Crippen molar-refractivity contribution >= 4 is 44.4 Å². The van der Waals surface area contributed by atoms with Crippen molar-refractivity contribution in [3.63, 3.8) is 0 Å². The van der Waals surface area contributed by atoms with Crippen molar-refractivity contribution < 1.29 is 0 Å². The molecule has 0 atom stereocenters. The van der Waals surface area contributed by atoms with Crippen LogP contribution < -0.4 is 0 Å². The Labute approximate surface area is 321 Å². The average Bonchev–Trinajstić information content (AvgIpc) is 4.06. The quantitative estimate of drug-likeness (QED) is 0.185. The van der Waals surface area contributed by atoms with Crippen molar-refractivity contribution in [3.05, 3.63) is 168 Å². The molecule has 0 spiro atoms. The fraction of sp³-hybridized carbons (Fsp3) is 0. The third-order valence-electron chi connectivity index (χ3n) is 9.99. The standard InChI is InChI=1S/C48H26N8/c49-25-33-34(26-50)46-43(31-17-9-3-10-18-31)39-23-24-40(54-39)44(32-19-11-4-12-20-32)48-36(28-52)35(27-51)47(56-48)42(30-15-7-2-8-16-30)38-22-21-37(53-38)41(45(33)55-46)29-13-5-1-6-14-29/h1-24,53-54H. The van der Waals surface area contributed by atoms with Gasteiger partial charge in [-0.3, -0.25) is 0 Å². The van der Waals surface area contributed by atoms with Crippen LogP contribution in [0.1, 0.15) is 22.8 Å². The van der Waals surface area contributed by atoms with Crippen molar-refractivity contribution in [2.75, 3.05) is 0 Å². The van der Waals surface area contributed by atoms with Crippen molar-refractivity contribution in [2.24, 2.45) is 0 Å². The van der Waals surface area contributed by atoms with Crippen LogP contribution in [-0.4, -0.2) is 19.9 Å². The Morgan fingerprint density at radius 3 is 0.714 bits per heavy atom. The molecular formula is C48H26N8. The first-order valence-electron chi connectivity index (χ1n) is 17.8. The molecule has 3 aromatic heterocycles. The Hall–Kier alpha value is -8.56. The van der Waals surface area contributed by atoms with E-state index in [-0.39, 0.29) is 22.3 Å². The maximum Gasteiger partial charge on any atom is 0.103 e. The molecule has 2 aliphatic rings. The lowest BCUT2D eigenvalue weighted by Crippen LogP contribution is -1.91. The second kappa shape index (κ2) is 13.8. The largest absolute Gasteiger partial charge is 0.354 e. The summed E-state index contributed by atoms with van der Waals surface area (Å²) in [4.78, 5) is 17.6. The van der Waals surface area contributed by atoms with Crippen LogP contribution >= 0.6 is 0 Å². The molecule has 56 heavy (non-hydrogen) atoms. The van der Waals surface area contributed by atoms with Crippen molar-refractivity contribution in [1.82, 2.24) is 19.9 Å². The van der Waals surface area contributed by atoms with Crippen LogP contribution in [0.25, 0.3) is 88.9 Å². The molecular weight excluding hydrogens is 689 g/mol. The van der Waals surface area contributed by atoms with Gasteiger partial charge in [-0.05, 0) is 46.5 Å². The lowest BCUT2D eigenvalue weighted by molar-refractivity contribution is 1.30. The number of nitrogens with zero attached hydrogens (tertiary/aromatic N) is 6. The molecule has 8 bridgehead atoms. The summed E-state index contributed by atoms with van der Waals surface area (Å²) in [6, 6.07) is 55.4. The van der Waals surface area contributed by atoms with Gasteiger partial charge in [-0.1, -0.05) is 121 Å². The number of benzene rings is 4. The van der Waals surface area contributed by atoms with E-state index in [0.717, 1.165) is 22.3 Å². The van der Waals surface area contributed by atoms with Crippen LogP contribution in [0.2, 0.25) is 0 Å². The summed E-state index contributed by atoms with van der Waals surface area (Å²) in [5.74, 6) is 0. The molecule has 7 aromatic rings. The summed E-state index contributed by atoms with van der Waals surface area (Å²) in [6.07, 6.45) is 0. The van der Waals surface area contributed by atoms with Gasteiger partial charge in [-0.25, -0.2) is 9.97 Å². The maximum atomic E-state index is 10.8. The zero-order valence-corrected chi connectivity index (χ0v) is 29.5. The van der Waals surface area contributed by atoms with Crippen LogP contribution in [0.5, 0.6) is 0 Å². The normalized spacial score (nSPS) is 12.1. The lowest BCUT2D eigenvalue weighted by Gasteiger charge is -2.07. The molecule has 0 radical (unpaired) electrons. The number of hydrogen-bond donors (Lipinski definition) is 2. The molecule has 8 heteroatoms. The third-order valence-corrected chi connectivity index (χ3v) is 9.99. The number of aromatic amines is 2. The van der Waals surface area contributed by atoms with E-state index >= 15 is 0 Å². The van der Waals surface area contributed by atoms with E-state index in [2.05, 4.69) is 34.2 Å². The molecule has 0 saturated heterocycles. The minimum absolute atomic E-state index is 0.151. The summed E-state index contributed by atoms with van der Waals surface area (Å²) in [5, 5.41) is 43.2. The van der Waals surface area contributed by atoms with Crippen LogP contribution in [0.3, 0.4) is 0 Å². The van der Waals surface area contributed by atoms with Crippen LogP contribution in [0, 0.1) is 45.3 Å². The highest BCUT2D eigenvalue weighted by atomic mass is 14.8. The molecule has 2 N–H and O–H groups in total. The SMILES string of the molecule is N#CC1=C(C#N)c2nc1c(-c1ccccc1)c1ccc([nH]1)c(-c1ccccc1)c1nc(c(-c3ccccc3)c3ccc([nH]3)c2-c2ccccc2)C(C#N)=C1C#N. The second-order valence-electron chi connectivity index (χ2n) is 13.1. The molecule has 9 rings (SSSR count). The van der Waals surface area contributed by atoms with Crippen molar-refractivity contribution in [2.45, 2.75) is 0 Å². The number of rotatable bonds is 4. The predicted octanol–water partition coefficient (Wildman–Crippen LogP) is 10.9. The predicted molar refractivity (Wildman–Crippen MR) is 219 cm³/mol. The van der Waals surface area contributed by atoms with Gasteiger partial charge in [0.2, 0.25) is 0 Å². The highest BCUT2D eigenvalue weighted by molar-refractivity contribution is 6.14. The van der Waals surface area contributed by atoms with Gasteiger partial charge in [-0.2, -0.15) is 21.0 Å². The molecule has 0 saturated carbocycles. The van der Waals surface area contributed by atoms with Gasteiger partial charge in [0.1, 0.15) is 24.3 Å². The zero-order chi connectivity index (χ0) is 38.2. The summed E-state index contributed by atoms with van der Waals surface area (Å²) < 4.78 is 0. The molecule has 0 aliphatic carbocycles. The third kappa shape index (κ3) is 5.36. The van der Waals surface area contributed by atoms with E-state index < -0.39 is 0 Å². The fourth-order valence-corrected chi connectivity index (χ4v) is 7.55. The van der Waals surface area contributed by atoms with Gasteiger partial charge in [0.25, 0.3) is 0 Å². The molecule has 0 amide bonds. The van der Waals surface area contributed by atoms with Crippen molar-refractivity contribution in [3.8, 4) is 68.8 Å². The van der Waals surface area contributed by atoms with Gasteiger partial charge in [0.15, 0.2) is 0 Å². The lowest BCUT2D eigenvalue weighted by atomic mass is 9.96. The number of hydrogen-bond acceptors (Lipinski definition) is 6. The number of nitrogens with one attached hydrogen (secondary N) is 2. The summed E-state index contributed by atoms with van der Waals surface area (Å²) in [5.41, 5.74) is 10.1. The Kier molecular flexibility index (Phi) is 8.19. The highest BCUT2D eigenvalue weighted by Gasteiger charge is 2.30. The van der Waals surface area contributed by atoms with Gasteiger partial charge in [0, 0.05) is 44.3 Å².